The average molecular weight is 194 g/mol. The van der Waals surface area contributed by atoms with Gasteiger partial charge in [0.25, 0.3) is 0 Å². The minimum absolute atomic E-state index is 0.179. The zero-order valence-corrected chi connectivity index (χ0v) is 8.32. The molecule has 0 radical (unpaired) electrons. The molecule has 0 aliphatic rings. The van der Waals surface area contributed by atoms with Crippen LogP contribution in [0.3, 0.4) is 0 Å². The number of benzene rings is 1. The molecule has 1 aromatic carbocycles. The van der Waals surface area contributed by atoms with Gasteiger partial charge < -0.3 is 10.2 Å². The molecule has 0 bridgehead atoms. The number of aryl methyl sites for hydroxylation is 1. The van der Waals surface area contributed by atoms with Crippen molar-refractivity contribution in [2.45, 2.75) is 20.3 Å². The number of carboxylic acid groups (broad SMARTS) is 1. The second-order valence-electron chi connectivity index (χ2n) is 3.52. The first-order chi connectivity index (χ1) is 6.52. The Hall–Kier alpha value is -1.51. The van der Waals surface area contributed by atoms with Gasteiger partial charge in [-0.3, -0.25) is 4.79 Å². The van der Waals surface area contributed by atoms with E-state index in [1.165, 1.54) is 0 Å². The summed E-state index contributed by atoms with van der Waals surface area (Å²) < 4.78 is 0. The fourth-order valence-corrected chi connectivity index (χ4v) is 1.35. The van der Waals surface area contributed by atoms with E-state index in [1.807, 2.05) is 13.0 Å². The quantitative estimate of drug-likeness (QED) is 0.773. The summed E-state index contributed by atoms with van der Waals surface area (Å²) in [5.74, 6) is -1.13. The van der Waals surface area contributed by atoms with Crippen molar-refractivity contribution in [3.8, 4) is 5.75 Å². The lowest BCUT2D eigenvalue weighted by Crippen LogP contribution is -2.12. The smallest absolute Gasteiger partial charge is 0.306 e. The Labute approximate surface area is 83.0 Å². The lowest BCUT2D eigenvalue weighted by molar-refractivity contribution is -0.141. The van der Waals surface area contributed by atoms with Gasteiger partial charge in [0.05, 0.1) is 5.92 Å². The monoisotopic (exact) mass is 194 g/mol. The summed E-state index contributed by atoms with van der Waals surface area (Å²) in [6.07, 6.45) is 0.369. The number of carbonyl (C=O) groups is 1. The Balaban J connectivity index is 2.91. The summed E-state index contributed by atoms with van der Waals surface area (Å²) in [7, 11) is 0. The molecule has 0 aliphatic heterocycles. The van der Waals surface area contributed by atoms with Gasteiger partial charge in [-0.1, -0.05) is 19.1 Å². The molecule has 0 aliphatic carbocycles. The summed E-state index contributed by atoms with van der Waals surface area (Å²) in [5.41, 5.74) is 1.65. The molecule has 0 saturated heterocycles. The number of phenols is 1. The van der Waals surface area contributed by atoms with Crippen LogP contribution in [0.2, 0.25) is 0 Å². The van der Waals surface area contributed by atoms with Crippen molar-refractivity contribution in [3.63, 3.8) is 0 Å². The number of aromatic hydroxyl groups is 1. The van der Waals surface area contributed by atoms with Crippen LogP contribution in [0.5, 0.6) is 5.75 Å². The van der Waals surface area contributed by atoms with E-state index in [2.05, 4.69) is 0 Å². The molecular formula is C11H14O3. The lowest BCUT2D eigenvalue weighted by atomic mass is 9.97. The van der Waals surface area contributed by atoms with Gasteiger partial charge in [-0.05, 0) is 30.5 Å². The predicted molar refractivity (Wildman–Crippen MR) is 53.3 cm³/mol. The molecule has 1 unspecified atom stereocenters. The zero-order valence-electron chi connectivity index (χ0n) is 8.32. The molecular weight excluding hydrogens is 180 g/mol. The molecule has 2 N–H and O–H groups in total. The minimum Gasteiger partial charge on any atom is -0.508 e. The van der Waals surface area contributed by atoms with E-state index >= 15 is 0 Å². The van der Waals surface area contributed by atoms with Gasteiger partial charge in [-0.25, -0.2) is 0 Å². The highest BCUT2D eigenvalue weighted by Gasteiger charge is 2.15. The van der Waals surface area contributed by atoms with Crippen LogP contribution in [-0.2, 0) is 11.2 Å². The van der Waals surface area contributed by atoms with Crippen LogP contribution >= 0.6 is 0 Å². The van der Waals surface area contributed by atoms with Crippen LogP contribution in [0.1, 0.15) is 18.1 Å². The summed E-state index contributed by atoms with van der Waals surface area (Å²) >= 11 is 0. The molecule has 1 aromatic rings. The highest BCUT2D eigenvalue weighted by atomic mass is 16.4. The third-order valence-electron chi connectivity index (χ3n) is 2.32. The summed E-state index contributed by atoms with van der Waals surface area (Å²) in [5, 5.41) is 18.3. The Bertz CT molecular complexity index is 324. The first-order valence-electron chi connectivity index (χ1n) is 4.52. The molecule has 3 nitrogen and oxygen atoms in total. The molecule has 0 spiro atoms. The standard InChI is InChI=1S/C11H14O3/c1-7-4-3-5-10(12)9(7)6-8(2)11(13)14/h3-5,8,12H,6H2,1-2H3,(H,13,14). The third-order valence-corrected chi connectivity index (χ3v) is 2.32. The average Bonchev–Trinajstić information content (AvgIpc) is 2.11. The molecule has 3 heteroatoms. The molecule has 14 heavy (non-hydrogen) atoms. The van der Waals surface area contributed by atoms with E-state index in [0.29, 0.717) is 6.42 Å². The van der Waals surface area contributed by atoms with Crippen molar-refractivity contribution in [1.29, 1.82) is 0 Å². The third kappa shape index (κ3) is 2.25. The highest BCUT2D eigenvalue weighted by Crippen LogP contribution is 2.23. The van der Waals surface area contributed by atoms with Crippen molar-refractivity contribution < 1.29 is 15.0 Å². The van der Waals surface area contributed by atoms with Crippen LogP contribution in [0, 0.1) is 12.8 Å². The highest BCUT2D eigenvalue weighted by molar-refractivity contribution is 5.70. The molecule has 0 fully saturated rings. The Kier molecular flexibility index (Phi) is 3.12. The van der Waals surface area contributed by atoms with Crippen LogP contribution in [0.4, 0.5) is 0 Å². The van der Waals surface area contributed by atoms with Gasteiger partial charge in [0.2, 0.25) is 0 Å². The second kappa shape index (κ2) is 4.13. The molecule has 76 valence electrons. The maximum Gasteiger partial charge on any atom is 0.306 e. The van der Waals surface area contributed by atoms with Gasteiger partial charge in [-0.2, -0.15) is 0 Å². The molecule has 0 amide bonds. The van der Waals surface area contributed by atoms with Crippen LogP contribution in [0.15, 0.2) is 18.2 Å². The topological polar surface area (TPSA) is 57.5 Å². The molecule has 0 heterocycles. The number of carboxylic acids is 1. The lowest BCUT2D eigenvalue weighted by Gasteiger charge is -2.10. The van der Waals surface area contributed by atoms with Gasteiger partial charge in [0, 0.05) is 0 Å². The van der Waals surface area contributed by atoms with Crippen molar-refractivity contribution in [2.24, 2.45) is 5.92 Å². The zero-order chi connectivity index (χ0) is 10.7. The van der Waals surface area contributed by atoms with E-state index in [-0.39, 0.29) is 5.75 Å². The Morgan fingerprint density at radius 2 is 2.14 bits per heavy atom. The molecule has 1 atom stereocenters. The normalized spacial score (nSPS) is 12.4. The predicted octanol–water partition coefficient (Wildman–Crippen LogP) is 1.96. The number of aliphatic carboxylic acids is 1. The van der Waals surface area contributed by atoms with E-state index in [4.69, 9.17) is 5.11 Å². The van der Waals surface area contributed by atoms with Crippen molar-refractivity contribution >= 4 is 5.97 Å². The molecule has 0 saturated carbocycles. The Morgan fingerprint density at radius 1 is 1.50 bits per heavy atom. The number of hydrogen-bond acceptors (Lipinski definition) is 2. The van der Waals surface area contributed by atoms with Gasteiger partial charge in [-0.15, -0.1) is 0 Å². The molecule has 0 aromatic heterocycles. The fraction of sp³-hybridized carbons (Fsp3) is 0.364. The van der Waals surface area contributed by atoms with Crippen LogP contribution in [0.25, 0.3) is 0 Å². The van der Waals surface area contributed by atoms with E-state index in [1.54, 1.807) is 19.1 Å². The van der Waals surface area contributed by atoms with E-state index in [9.17, 15) is 9.90 Å². The number of phenolic OH excluding ortho intramolecular Hbond substituents is 1. The van der Waals surface area contributed by atoms with E-state index in [0.717, 1.165) is 11.1 Å². The van der Waals surface area contributed by atoms with Gasteiger partial charge >= 0.3 is 5.97 Å². The van der Waals surface area contributed by atoms with Gasteiger partial charge in [0.1, 0.15) is 5.75 Å². The SMILES string of the molecule is Cc1cccc(O)c1CC(C)C(=O)O. The first kappa shape index (κ1) is 10.6. The van der Waals surface area contributed by atoms with Crippen molar-refractivity contribution in [3.05, 3.63) is 29.3 Å². The number of rotatable bonds is 3. The van der Waals surface area contributed by atoms with Crippen LogP contribution in [-0.4, -0.2) is 16.2 Å². The van der Waals surface area contributed by atoms with Crippen molar-refractivity contribution in [1.82, 2.24) is 0 Å². The maximum absolute atomic E-state index is 10.6. The fourth-order valence-electron chi connectivity index (χ4n) is 1.35. The second-order valence-corrected chi connectivity index (χ2v) is 3.52. The first-order valence-corrected chi connectivity index (χ1v) is 4.52. The molecule has 1 rings (SSSR count). The minimum atomic E-state index is -0.840. The summed E-state index contributed by atoms with van der Waals surface area (Å²) in [6.45, 7) is 3.50. The maximum atomic E-state index is 10.6. The van der Waals surface area contributed by atoms with E-state index < -0.39 is 11.9 Å². The summed E-state index contributed by atoms with van der Waals surface area (Å²) in [4.78, 5) is 10.6. The Morgan fingerprint density at radius 3 is 2.64 bits per heavy atom. The van der Waals surface area contributed by atoms with Crippen molar-refractivity contribution in [2.75, 3.05) is 0 Å². The largest absolute Gasteiger partial charge is 0.508 e. The van der Waals surface area contributed by atoms with Crippen LogP contribution < -0.4 is 0 Å². The number of hydrogen-bond donors (Lipinski definition) is 2. The van der Waals surface area contributed by atoms with Gasteiger partial charge in [0.15, 0.2) is 0 Å². The summed E-state index contributed by atoms with van der Waals surface area (Å²) in [6, 6.07) is 5.19.